The molecule has 2 amide bonds. The largest absolute Gasteiger partial charge is 0.479 e. The molecule has 3 N–H and O–H groups in total. The summed E-state index contributed by atoms with van der Waals surface area (Å²) in [4.78, 5) is 23.4. The minimum absolute atomic E-state index is 0.114. The lowest BCUT2D eigenvalue weighted by molar-refractivity contribution is -0.139. The van der Waals surface area contributed by atoms with Gasteiger partial charge in [-0.25, -0.2) is 9.59 Å². The summed E-state index contributed by atoms with van der Waals surface area (Å²) in [6.07, 6.45) is 4.31. The Labute approximate surface area is 124 Å². The Morgan fingerprint density at radius 3 is 2.43 bits per heavy atom. The molecule has 1 aromatic carbocycles. The molecular weight excluding hydrogens is 268 g/mol. The number of carbonyl (C=O) groups is 2. The molecule has 0 saturated heterocycles. The molecule has 114 valence electrons. The molecule has 0 spiro atoms. The van der Waals surface area contributed by atoms with Crippen molar-refractivity contribution in [1.82, 2.24) is 10.6 Å². The Morgan fingerprint density at radius 1 is 1.24 bits per heavy atom. The van der Waals surface area contributed by atoms with E-state index in [1.54, 1.807) is 24.3 Å². The van der Waals surface area contributed by atoms with Crippen LogP contribution in [0.3, 0.4) is 0 Å². The smallest absolute Gasteiger partial charge is 0.330 e. The quantitative estimate of drug-likeness (QED) is 0.722. The molecule has 1 unspecified atom stereocenters. The van der Waals surface area contributed by atoms with E-state index in [0.29, 0.717) is 5.56 Å². The second-order valence-corrected chi connectivity index (χ2v) is 5.58. The van der Waals surface area contributed by atoms with Gasteiger partial charge < -0.3 is 15.7 Å². The van der Waals surface area contributed by atoms with Crippen LogP contribution >= 0.6 is 0 Å². The average molecular weight is 290 g/mol. The van der Waals surface area contributed by atoms with Gasteiger partial charge in [0.15, 0.2) is 6.04 Å². The van der Waals surface area contributed by atoms with E-state index >= 15 is 0 Å². The zero-order valence-corrected chi connectivity index (χ0v) is 12.2. The maximum Gasteiger partial charge on any atom is 0.330 e. The summed E-state index contributed by atoms with van der Waals surface area (Å²) in [5.41, 5.74) is 0.565. The first-order valence-electron chi connectivity index (χ1n) is 7.45. The van der Waals surface area contributed by atoms with E-state index in [-0.39, 0.29) is 6.04 Å². The van der Waals surface area contributed by atoms with Crippen molar-refractivity contribution >= 4 is 12.0 Å². The van der Waals surface area contributed by atoms with Crippen LogP contribution in [0.2, 0.25) is 0 Å². The van der Waals surface area contributed by atoms with Crippen LogP contribution in [-0.4, -0.2) is 23.1 Å². The predicted octanol–water partition coefficient (Wildman–Crippen LogP) is 2.69. The van der Waals surface area contributed by atoms with Crippen molar-refractivity contribution in [3.8, 4) is 0 Å². The van der Waals surface area contributed by atoms with Crippen molar-refractivity contribution in [2.45, 2.75) is 44.7 Å². The lowest BCUT2D eigenvalue weighted by Crippen LogP contribution is -2.45. The molecule has 1 saturated carbocycles. The first-order chi connectivity index (χ1) is 10.1. The number of amides is 2. The number of hydrogen-bond donors (Lipinski definition) is 3. The average Bonchev–Trinajstić information content (AvgIpc) is 3.28. The van der Waals surface area contributed by atoms with Crippen LogP contribution in [0.5, 0.6) is 0 Å². The zero-order chi connectivity index (χ0) is 15.2. The van der Waals surface area contributed by atoms with Crippen LogP contribution in [0.1, 0.15) is 44.2 Å². The predicted molar refractivity (Wildman–Crippen MR) is 79.9 cm³/mol. The third-order valence-corrected chi connectivity index (χ3v) is 3.80. The Balaban J connectivity index is 1.93. The van der Waals surface area contributed by atoms with Gasteiger partial charge in [-0.2, -0.15) is 0 Å². The molecule has 1 aromatic rings. The van der Waals surface area contributed by atoms with Gasteiger partial charge in [0.05, 0.1) is 0 Å². The minimum atomic E-state index is -1.06. The fourth-order valence-electron chi connectivity index (χ4n) is 2.37. The standard InChI is InChI=1S/C16H22N2O3/c1-2-13(10-11-8-9-11)17-16(21)18-14(15(19)20)12-6-4-3-5-7-12/h3-7,11,13-14H,2,8-10H2,1H3,(H,19,20)(H2,17,18,21)/t13?,14-/m1/s1. The van der Waals surface area contributed by atoms with Crippen molar-refractivity contribution in [3.63, 3.8) is 0 Å². The van der Waals surface area contributed by atoms with E-state index in [9.17, 15) is 14.7 Å². The third kappa shape index (κ3) is 4.77. The van der Waals surface area contributed by atoms with Crippen LogP contribution in [-0.2, 0) is 4.79 Å². The van der Waals surface area contributed by atoms with E-state index in [4.69, 9.17) is 0 Å². The van der Waals surface area contributed by atoms with Gasteiger partial charge in [0.1, 0.15) is 0 Å². The van der Waals surface area contributed by atoms with Gasteiger partial charge in [0, 0.05) is 6.04 Å². The first-order valence-corrected chi connectivity index (χ1v) is 7.45. The Bertz CT molecular complexity index is 486. The molecule has 1 aliphatic carbocycles. The van der Waals surface area contributed by atoms with Crippen molar-refractivity contribution in [1.29, 1.82) is 0 Å². The van der Waals surface area contributed by atoms with Gasteiger partial charge in [0.25, 0.3) is 0 Å². The van der Waals surface area contributed by atoms with E-state index < -0.39 is 18.0 Å². The highest BCUT2D eigenvalue weighted by Gasteiger charge is 2.27. The zero-order valence-electron chi connectivity index (χ0n) is 12.2. The van der Waals surface area contributed by atoms with Crippen LogP contribution in [0.15, 0.2) is 30.3 Å². The van der Waals surface area contributed by atoms with E-state index in [1.165, 1.54) is 12.8 Å². The highest BCUT2D eigenvalue weighted by atomic mass is 16.4. The number of benzene rings is 1. The van der Waals surface area contributed by atoms with Gasteiger partial charge in [-0.15, -0.1) is 0 Å². The summed E-state index contributed by atoms with van der Waals surface area (Å²) in [5.74, 6) is -0.341. The monoisotopic (exact) mass is 290 g/mol. The summed E-state index contributed by atoms with van der Waals surface area (Å²) in [7, 11) is 0. The molecule has 2 rings (SSSR count). The summed E-state index contributed by atoms with van der Waals surface area (Å²) in [6.45, 7) is 2.03. The Kier molecular flexibility index (Phi) is 5.20. The summed E-state index contributed by atoms with van der Waals surface area (Å²) >= 11 is 0. The van der Waals surface area contributed by atoms with Crippen molar-refractivity contribution in [2.24, 2.45) is 5.92 Å². The topological polar surface area (TPSA) is 78.4 Å². The fraction of sp³-hybridized carbons (Fsp3) is 0.500. The maximum atomic E-state index is 12.0. The summed E-state index contributed by atoms with van der Waals surface area (Å²) < 4.78 is 0. The maximum absolute atomic E-state index is 12.0. The van der Waals surface area contributed by atoms with Gasteiger partial charge >= 0.3 is 12.0 Å². The molecular formula is C16H22N2O3. The highest BCUT2D eigenvalue weighted by molar-refractivity contribution is 5.83. The Morgan fingerprint density at radius 2 is 1.90 bits per heavy atom. The van der Waals surface area contributed by atoms with Gasteiger partial charge in [-0.05, 0) is 24.3 Å². The van der Waals surface area contributed by atoms with Crippen LogP contribution in [0.4, 0.5) is 4.79 Å². The SMILES string of the molecule is CCC(CC1CC1)NC(=O)N[C@@H](C(=O)O)c1ccccc1. The molecule has 0 heterocycles. The van der Waals surface area contributed by atoms with Gasteiger partial charge in [0.2, 0.25) is 0 Å². The van der Waals surface area contributed by atoms with Crippen LogP contribution < -0.4 is 10.6 Å². The molecule has 1 fully saturated rings. The molecule has 21 heavy (non-hydrogen) atoms. The molecule has 0 aliphatic heterocycles. The highest BCUT2D eigenvalue weighted by Crippen LogP contribution is 2.34. The minimum Gasteiger partial charge on any atom is -0.479 e. The molecule has 1 aliphatic rings. The molecule has 0 radical (unpaired) electrons. The number of aliphatic carboxylic acids is 1. The van der Waals surface area contributed by atoms with Crippen LogP contribution in [0, 0.1) is 5.92 Å². The van der Waals surface area contributed by atoms with E-state index in [1.807, 2.05) is 13.0 Å². The Hall–Kier alpha value is -2.04. The van der Waals surface area contributed by atoms with Crippen molar-refractivity contribution in [2.75, 3.05) is 0 Å². The third-order valence-electron chi connectivity index (χ3n) is 3.80. The second-order valence-electron chi connectivity index (χ2n) is 5.58. The number of carboxylic acids is 1. The molecule has 0 aromatic heterocycles. The fourth-order valence-corrected chi connectivity index (χ4v) is 2.37. The molecule has 5 nitrogen and oxygen atoms in total. The first kappa shape index (κ1) is 15.4. The molecule has 0 bridgehead atoms. The summed E-state index contributed by atoms with van der Waals surface area (Å²) in [5, 5.41) is 14.7. The number of carbonyl (C=O) groups excluding carboxylic acids is 1. The van der Waals surface area contributed by atoms with Crippen molar-refractivity contribution < 1.29 is 14.7 Å². The van der Waals surface area contributed by atoms with Gasteiger partial charge in [-0.3, -0.25) is 0 Å². The van der Waals surface area contributed by atoms with Crippen molar-refractivity contribution in [3.05, 3.63) is 35.9 Å². The lowest BCUT2D eigenvalue weighted by atomic mass is 10.1. The number of urea groups is 1. The van der Waals surface area contributed by atoms with E-state index in [0.717, 1.165) is 18.8 Å². The normalized spacial score (nSPS) is 16.8. The lowest BCUT2D eigenvalue weighted by Gasteiger charge is -2.20. The summed E-state index contributed by atoms with van der Waals surface area (Å²) in [6, 6.07) is 7.39. The van der Waals surface area contributed by atoms with Gasteiger partial charge in [-0.1, -0.05) is 50.1 Å². The second kappa shape index (κ2) is 7.11. The number of nitrogens with one attached hydrogen (secondary N) is 2. The number of rotatable bonds is 7. The van der Waals surface area contributed by atoms with Crippen LogP contribution in [0.25, 0.3) is 0 Å². The van der Waals surface area contributed by atoms with E-state index in [2.05, 4.69) is 10.6 Å². The molecule has 5 heteroatoms. The number of hydrogen-bond acceptors (Lipinski definition) is 2. The molecule has 2 atom stereocenters. The number of carboxylic acid groups (broad SMARTS) is 1.